The molecule has 1 fully saturated rings. The van der Waals surface area contributed by atoms with Gasteiger partial charge in [0.2, 0.25) is 0 Å². The molecule has 0 aliphatic carbocycles. The van der Waals surface area contributed by atoms with Crippen molar-refractivity contribution in [1.29, 1.82) is 0 Å². The lowest BCUT2D eigenvalue weighted by molar-refractivity contribution is -0.202. The molecule has 2 aromatic rings. The Morgan fingerprint density at radius 3 is 2.69 bits per heavy atom. The van der Waals surface area contributed by atoms with E-state index in [1.165, 1.54) is 4.31 Å². The fraction of sp³-hybridized carbons (Fsp3) is 0.421. The number of nitrogens with one attached hydrogen (secondary N) is 1. The smallest absolute Gasteiger partial charge is 0.262 e. The first-order chi connectivity index (χ1) is 13.9. The molecule has 7 nitrogen and oxygen atoms in total. The van der Waals surface area contributed by atoms with E-state index in [-0.39, 0.29) is 17.2 Å². The highest BCUT2D eigenvalue weighted by molar-refractivity contribution is 9.11. The van der Waals surface area contributed by atoms with Gasteiger partial charge in [-0.15, -0.1) is 11.3 Å². The summed E-state index contributed by atoms with van der Waals surface area (Å²) in [6.45, 7) is 0.719. The number of ether oxygens (including phenoxy) is 1. The van der Waals surface area contributed by atoms with Crippen LogP contribution in [0.15, 0.2) is 44.4 Å². The van der Waals surface area contributed by atoms with Gasteiger partial charge in [0.05, 0.1) is 3.79 Å². The van der Waals surface area contributed by atoms with Crippen LogP contribution in [-0.4, -0.2) is 37.6 Å². The second kappa shape index (κ2) is 8.83. The van der Waals surface area contributed by atoms with Crippen LogP contribution in [0.1, 0.15) is 30.4 Å². The number of thiophene rings is 1. The number of nitrogens with zero attached hydrogens (tertiary/aromatic N) is 1. The Morgan fingerprint density at radius 1 is 1.21 bits per heavy atom. The SMILES string of the molecule is O=C(NOC1CCCCO1)[C@H]1Cc2ccccc2CN1S(=O)(=O)c1ccc(Br)s1. The maximum atomic E-state index is 13.3. The number of carbonyl (C=O) groups excluding carboxylic acids is 1. The Hall–Kier alpha value is -1.30. The second-order valence-electron chi connectivity index (χ2n) is 6.98. The Bertz CT molecular complexity index is 988. The molecule has 0 saturated carbocycles. The van der Waals surface area contributed by atoms with Crippen LogP contribution < -0.4 is 5.48 Å². The summed E-state index contributed by atoms with van der Waals surface area (Å²) in [5.74, 6) is -0.493. The van der Waals surface area contributed by atoms with Crippen LogP contribution in [0, 0.1) is 0 Å². The van der Waals surface area contributed by atoms with E-state index in [2.05, 4.69) is 21.4 Å². The lowest BCUT2D eigenvalue weighted by atomic mass is 9.95. The molecule has 1 N–H and O–H groups in total. The van der Waals surface area contributed by atoms with Crippen molar-refractivity contribution >= 4 is 43.2 Å². The molecular weight excluding hydrogens is 480 g/mol. The molecule has 1 aromatic carbocycles. The van der Waals surface area contributed by atoms with E-state index < -0.39 is 28.3 Å². The number of amides is 1. The number of hydroxylamine groups is 1. The quantitative estimate of drug-likeness (QED) is 0.637. The molecule has 156 valence electrons. The molecule has 2 atom stereocenters. The van der Waals surface area contributed by atoms with Crippen molar-refractivity contribution < 1.29 is 22.8 Å². The minimum absolute atomic E-state index is 0.131. The van der Waals surface area contributed by atoms with Crippen LogP contribution in [0.25, 0.3) is 0 Å². The number of hydrogen-bond donors (Lipinski definition) is 1. The number of carbonyl (C=O) groups is 1. The van der Waals surface area contributed by atoms with Crippen LogP contribution in [0.4, 0.5) is 0 Å². The van der Waals surface area contributed by atoms with Crippen molar-refractivity contribution in [2.24, 2.45) is 0 Å². The summed E-state index contributed by atoms with van der Waals surface area (Å²) in [7, 11) is -3.85. The molecule has 3 heterocycles. The van der Waals surface area contributed by atoms with Crippen molar-refractivity contribution in [2.45, 2.75) is 48.8 Å². The van der Waals surface area contributed by atoms with Crippen LogP contribution in [0.5, 0.6) is 0 Å². The van der Waals surface area contributed by atoms with Crippen LogP contribution in [0.3, 0.4) is 0 Å². The van der Waals surface area contributed by atoms with Gasteiger partial charge in [0, 0.05) is 19.6 Å². The molecule has 1 aromatic heterocycles. The van der Waals surface area contributed by atoms with E-state index in [0.717, 1.165) is 35.3 Å². The topological polar surface area (TPSA) is 84.9 Å². The predicted molar refractivity (Wildman–Crippen MR) is 112 cm³/mol. The average Bonchev–Trinajstić information content (AvgIpc) is 3.19. The van der Waals surface area contributed by atoms with Crippen LogP contribution in [0.2, 0.25) is 0 Å². The highest BCUT2D eigenvalue weighted by Gasteiger charge is 2.40. The monoisotopic (exact) mass is 500 g/mol. The predicted octanol–water partition coefficient (Wildman–Crippen LogP) is 3.20. The third-order valence-electron chi connectivity index (χ3n) is 5.05. The van der Waals surface area contributed by atoms with Crippen molar-refractivity contribution in [3.63, 3.8) is 0 Å². The molecule has 2 aliphatic rings. The maximum absolute atomic E-state index is 13.3. The number of fused-ring (bicyclic) bond motifs is 1. The second-order valence-corrected chi connectivity index (χ2v) is 11.6. The van der Waals surface area contributed by atoms with Gasteiger partial charge in [0.15, 0.2) is 6.29 Å². The normalized spacial score (nSPS) is 22.8. The number of rotatable bonds is 5. The number of hydrogen-bond acceptors (Lipinski definition) is 6. The highest BCUT2D eigenvalue weighted by Crippen LogP contribution is 2.33. The molecule has 2 aliphatic heterocycles. The summed E-state index contributed by atoms with van der Waals surface area (Å²) in [5.41, 5.74) is 4.29. The molecule has 1 amide bonds. The van der Waals surface area contributed by atoms with Gasteiger partial charge < -0.3 is 4.74 Å². The number of halogens is 1. The van der Waals surface area contributed by atoms with Crippen LogP contribution in [-0.2, 0) is 37.4 Å². The molecule has 10 heteroatoms. The average molecular weight is 501 g/mol. The van der Waals surface area contributed by atoms with Crippen molar-refractivity contribution in [3.8, 4) is 0 Å². The Kier molecular flexibility index (Phi) is 6.38. The first kappa shape index (κ1) is 21.0. The third-order valence-corrected chi connectivity index (χ3v) is 8.99. The van der Waals surface area contributed by atoms with Crippen molar-refractivity contribution in [1.82, 2.24) is 9.79 Å². The zero-order chi connectivity index (χ0) is 20.4. The van der Waals surface area contributed by atoms with Crippen LogP contribution >= 0.6 is 27.3 Å². The fourth-order valence-electron chi connectivity index (χ4n) is 3.52. The summed E-state index contributed by atoms with van der Waals surface area (Å²) >= 11 is 4.43. The molecule has 1 saturated heterocycles. The van der Waals surface area contributed by atoms with Gasteiger partial charge in [0.1, 0.15) is 10.3 Å². The van der Waals surface area contributed by atoms with E-state index in [0.29, 0.717) is 16.8 Å². The van der Waals surface area contributed by atoms with Gasteiger partial charge >= 0.3 is 0 Å². The standard InChI is InChI=1S/C19H21BrN2O5S2/c20-16-8-9-18(28-16)29(24,25)22-12-14-6-2-1-5-13(14)11-15(22)19(23)21-27-17-7-3-4-10-26-17/h1-2,5-6,8-9,15,17H,3-4,7,10-12H2,(H,21,23)/t15-,17?/m1/s1. The molecule has 0 bridgehead atoms. The Balaban J connectivity index is 1.59. The molecule has 1 unspecified atom stereocenters. The zero-order valence-electron chi connectivity index (χ0n) is 15.5. The lowest BCUT2D eigenvalue weighted by Gasteiger charge is -2.34. The number of sulfonamides is 1. The van der Waals surface area contributed by atoms with Gasteiger partial charge in [-0.05, 0) is 58.5 Å². The van der Waals surface area contributed by atoms with Crippen molar-refractivity contribution in [3.05, 3.63) is 51.3 Å². The molecular formula is C19H21BrN2O5S2. The summed E-state index contributed by atoms with van der Waals surface area (Å²) in [6, 6.07) is 9.91. The molecule has 0 spiro atoms. The maximum Gasteiger partial charge on any atom is 0.262 e. The first-order valence-electron chi connectivity index (χ1n) is 9.36. The van der Waals surface area contributed by atoms with Gasteiger partial charge in [-0.3, -0.25) is 4.79 Å². The van der Waals surface area contributed by atoms with Gasteiger partial charge in [0.25, 0.3) is 15.9 Å². The van der Waals surface area contributed by atoms with Crippen molar-refractivity contribution in [2.75, 3.05) is 6.61 Å². The van der Waals surface area contributed by atoms with E-state index in [4.69, 9.17) is 9.57 Å². The van der Waals surface area contributed by atoms with E-state index in [1.54, 1.807) is 12.1 Å². The summed E-state index contributed by atoms with van der Waals surface area (Å²) in [4.78, 5) is 18.3. The van der Waals surface area contributed by atoms with E-state index >= 15 is 0 Å². The summed E-state index contributed by atoms with van der Waals surface area (Å²) < 4.78 is 34.2. The first-order valence-corrected chi connectivity index (χ1v) is 12.4. The van der Waals surface area contributed by atoms with Gasteiger partial charge in [-0.1, -0.05) is 24.3 Å². The minimum Gasteiger partial charge on any atom is -0.350 e. The summed E-state index contributed by atoms with van der Waals surface area (Å²) in [5, 5.41) is 0. The fourth-order valence-corrected chi connectivity index (χ4v) is 7.23. The minimum atomic E-state index is -3.85. The van der Waals surface area contributed by atoms with E-state index in [9.17, 15) is 13.2 Å². The Labute approximate surface area is 182 Å². The molecule has 4 rings (SSSR count). The zero-order valence-corrected chi connectivity index (χ0v) is 18.8. The Morgan fingerprint density at radius 2 is 2.00 bits per heavy atom. The van der Waals surface area contributed by atoms with Gasteiger partial charge in [-0.2, -0.15) is 4.31 Å². The largest absolute Gasteiger partial charge is 0.350 e. The lowest BCUT2D eigenvalue weighted by Crippen LogP contribution is -2.52. The molecule has 0 radical (unpaired) electrons. The highest BCUT2D eigenvalue weighted by atomic mass is 79.9. The van der Waals surface area contributed by atoms with Gasteiger partial charge in [-0.25, -0.2) is 18.7 Å². The third kappa shape index (κ3) is 4.57. The summed E-state index contributed by atoms with van der Waals surface area (Å²) in [6.07, 6.45) is 2.41. The van der Waals surface area contributed by atoms with E-state index in [1.807, 2.05) is 24.3 Å². The molecule has 29 heavy (non-hydrogen) atoms. The number of benzene rings is 1.